The Hall–Kier alpha value is -2.43. The van der Waals surface area contributed by atoms with E-state index < -0.39 is 0 Å². The number of guanidine groups is 1. The lowest BCUT2D eigenvalue weighted by Crippen LogP contribution is -2.38. The average Bonchev–Trinajstić information content (AvgIpc) is 2.50. The van der Waals surface area contributed by atoms with Crippen LogP contribution < -0.4 is 5.32 Å². The normalized spacial score (nSPS) is 11.4. The Morgan fingerprint density at radius 3 is 2.59 bits per heavy atom. The Balaban J connectivity index is 1.94. The van der Waals surface area contributed by atoms with Gasteiger partial charge in [0.25, 0.3) is 0 Å². The highest BCUT2D eigenvalue weighted by molar-refractivity contribution is 5.79. The summed E-state index contributed by atoms with van der Waals surface area (Å²) in [6.45, 7) is 3.24. The molecule has 0 saturated heterocycles. The van der Waals surface area contributed by atoms with Gasteiger partial charge in [0, 0.05) is 26.3 Å². The zero-order valence-electron chi connectivity index (χ0n) is 13.2. The van der Waals surface area contributed by atoms with E-state index in [2.05, 4.69) is 15.3 Å². The van der Waals surface area contributed by atoms with Crippen LogP contribution in [-0.2, 0) is 13.1 Å². The van der Waals surface area contributed by atoms with Gasteiger partial charge in [0.05, 0.1) is 12.2 Å². The van der Waals surface area contributed by atoms with Crippen LogP contribution in [0.5, 0.6) is 0 Å². The topological polar surface area (TPSA) is 40.5 Å². The number of nitrogens with one attached hydrogen (secondary N) is 1. The molecule has 116 valence electrons. The maximum atomic E-state index is 12.9. The van der Waals surface area contributed by atoms with Crippen molar-refractivity contribution in [2.75, 3.05) is 14.1 Å². The van der Waals surface area contributed by atoms with Crippen LogP contribution in [-0.4, -0.2) is 29.9 Å². The summed E-state index contributed by atoms with van der Waals surface area (Å²) in [5.41, 5.74) is 2.99. The Morgan fingerprint density at radius 2 is 1.95 bits per heavy atom. The number of pyridine rings is 1. The molecule has 0 bridgehead atoms. The monoisotopic (exact) mass is 300 g/mol. The lowest BCUT2D eigenvalue weighted by Gasteiger charge is -2.22. The van der Waals surface area contributed by atoms with Crippen molar-refractivity contribution in [3.05, 3.63) is 65.2 Å². The first-order chi connectivity index (χ1) is 10.6. The number of rotatable bonds is 4. The van der Waals surface area contributed by atoms with Gasteiger partial charge in [-0.3, -0.25) is 9.98 Å². The highest BCUT2D eigenvalue weighted by Gasteiger charge is 2.07. The summed E-state index contributed by atoms with van der Waals surface area (Å²) in [5.74, 6) is 0.548. The molecular weight excluding hydrogens is 279 g/mol. The van der Waals surface area contributed by atoms with Gasteiger partial charge in [-0.25, -0.2) is 4.39 Å². The van der Waals surface area contributed by atoms with E-state index in [9.17, 15) is 4.39 Å². The second-order valence-electron chi connectivity index (χ2n) is 5.15. The van der Waals surface area contributed by atoms with Gasteiger partial charge in [-0.05, 0) is 36.8 Å². The number of aryl methyl sites for hydroxylation is 1. The van der Waals surface area contributed by atoms with Crippen molar-refractivity contribution in [2.24, 2.45) is 4.99 Å². The van der Waals surface area contributed by atoms with Crippen LogP contribution in [0.25, 0.3) is 0 Å². The van der Waals surface area contributed by atoms with E-state index in [1.54, 1.807) is 19.2 Å². The van der Waals surface area contributed by atoms with E-state index >= 15 is 0 Å². The van der Waals surface area contributed by atoms with Gasteiger partial charge < -0.3 is 10.2 Å². The lowest BCUT2D eigenvalue weighted by atomic mass is 10.2. The Bertz CT molecular complexity index is 637. The molecule has 0 spiro atoms. The predicted octanol–water partition coefficient (Wildman–Crippen LogP) is 2.74. The Kier molecular flexibility index (Phi) is 5.47. The van der Waals surface area contributed by atoms with Gasteiger partial charge in [-0.15, -0.1) is 0 Å². The fraction of sp³-hybridized carbons (Fsp3) is 0.294. The zero-order chi connectivity index (χ0) is 15.9. The quantitative estimate of drug-likeness (QED) is 0.697. The first-order valence-electron chi connectivity index (χ1n) is 7.17. The molecule has 0 aliphatic heterocycles. The fourth-order valence-corrected chi connectivity index (χ4v) is 2.19. The van der Waals surface area contributed by atoms with Gasteiger partial charge in [0.15, 0.2) is 5.96 Å². The highest BCUT2D eigenvalue weighted by Crippen LogP contribution is 2.06. The second kappa shape index (κ2) is 7.54. The van der Waals surface area contributed by atoms with Crippen LogP contribution in [0.1, 0.15) is 17.0 Å². The van der Waals surface area contributed by atoms with Crippen molar-refractivity contribution in [3.8, 4) is 0 Å². The molecule has 0 fully saturated rings. The van der Waals surface area contributed by atoms with Gasteiger partial charge >= 0.3 is 0 Å². The van der Waals surface area contributed by atoms with Crippen molar-refractivity contribution in [1.82, 2.24) is 15.2 Å². The van der Waals surface area contributed by atoms with E-state index in [4.69, 9.17) is 0 Å². The molecule has 2 aromatic rings. The molecule has 2 rings (SSSR count). The molecule has 4 nitrogen and oxygen atoms in total. The average molecular weight is 300 g/mol. The summed E-state index contributed by atoms with van der Waals surface area (Å²) in [7, 11) is 3.69. The zero-order valence-corrected chi connectivity index (χ0v) is 13.2. The summed E-state index contributed by atoms with van der Waals surface area (Å²) in [4.78, 5) is 10.7. The molecule has 1 N–H and O–H groups in total. The van der Waals surface area contributed by atoms with Crippen LogP contribution >= 0.6 is 0 Å². The van der Waals surface area contributed by atoms with Gasteiger partial charge in [-0.2, -0.15) is 0 Å². The van der Waals surface area contributed by atoms with Crippen molar-refractivity contribution in [2.45, 2.75) is 20.0 Å². The van der Waals surface area contributed by atoms with Crippen LogP contribution in [0.4, 0.5) is 4.39 Å². The first-order valence-corrected chi connectivity index (χ1v) is 7.17. The Morgan fingerprint density at radius 1 is 1.23 bits per heavy atom. The second-order valence-corrected chi connectivity index (χ2v) is 5.15. The minimum absolute atomic E-state index is 0.223. The molecule has 0 unspecified atom stereocenters. The molecule has 22 heavy (non-hydrogen) atoms. The number of halogens is 1. The minimum Gasteiger partial charge on any atom is -0.351 e. The number of hydrogen-bond donors (Lipinski definition) is 1. The molecule has 0 atom stereocenters. The highest BCUT2D eigenvalue weighted by atomic mass is 19.1. The van der Waals surface area contributed by atoms with Gasteiger partial charge in [-0.1, -0.05) is 18.2 Å². The minimum atomic E-state index is -0.223. The summed E-state index contributed by atoms with van der Waals surface area (Å²) in [6.07, 6.45) is 0. The summed E-state index contributed by atoms with van der Waals surface area (Å²) in [5, 5.41) is 3.28. The van der Waals surface area contributed by atoms with Crippen LogP contribution in [0.15, 0.2) is 47.5 Å². The number of benzene rings is 1. The van der Waals surface area contributed by atoms with E-state index in [0.717, 1.165) is 22.9 Å². The predicted molar refractivity (Wildman–Crippen MR) is 87.0 cm³/mol. The van der Waals surface area contributed by atoms with E-state index in [-0.39, 0.29) is 5.82 Å². The number of nitrogens with zero attached hydrogens (tertiary/aromatic N) is 3. The smallest absolute Gasteiger partial charge is 0.194 e. The van der Waals surface area contributed by atoms with E-state index in [1.807, 2.05) is 37.1 Å². The van der Waals surface area contributed by atoms with Crippen molar-refractivity contribution in [3.63, 3.8) is 0 Å². The van der Waals surface area contributed by atoms with E-state index in [1.165, 1.54) is 12.1 Å². The molecule has 0 aliphatic rings. The standard InChI is InChI=1S/C17H21FN4/c1-13-5-4-6-16(21-13)11-20-17(19-2)22(3)12-14-7-9-15(18)10-8-14/h4-10H,11-12H2,1-3H3,(H,19,20). The molecular formula is C17H21FN4. The van der Waals surface area contributed by atoms with Crippen LogP contribution in [0.2, 0.25) is 0 Å². The summed E-state index contributed by atoms with van der Waals surface area (Å²) < 4.78 is 12.9. The molecule has 0 saturated carbocycles. The number of aliphatic imine (C=N–C) groups is 1. The molecule has 1 heterocycles. The van der Waals surface area contributed by atoms with Crippen LogP contribution in [0, 0.1) is 12.7 Å². The number of hydrogen-bond acceptors (Lipinski definition) is 2. The Labute approximate surface area is 130 Å². The maximum Gasteiger partial charge on any atom is 0.194 e. The van der Waals surface area contributed by atoms with Crippen molar-refractivity contribution < 1.29 is 4.39 Å². The molecule has 0 amide bonds. The summed E-state index contributed by atoms with van der Waals surface area (Å²) >= 11 is 0. The van der Waals surface area contributed by atoms with Crippen molar-refractivity contribution >= 4 is 5.96 Å². The van der Waals surface area contributed by atoms with Gasteiger partial charge in [0.2, 0.25) is 0 Å². The van der Waals surface area contributed by atoms with Crippen LogP contribution in [0.3, 0.4) is 0 Å². The SMILES string of the molecule is CN=C(NCc1cccc(C)n1)N(C)Cc1ccc(F)cc1. The fourth-order valence-electron chi connectivity index (χ4n) is 2.19. The van der Waals surface area contributed by atoms with E-state index in [0.29, 0.717) is 13.1 Å². The molecule has 1 aromatic heterocycles. The molecule has 1 aromatic carbocycles. The maximum absolute atomic E-state index is 12.9. The lowest BCUT2D eigenvalue weighted by molar-refractivity contribution is 0.475. The first kappa shape index (κ1) is 15.9. The molecule has 5 heteroatoms. The third kappa shape index (κ3) is 4.55. The summed E-state index contributed by atoms with van der Waals surface area (Å²) in [6, 6.07) is 12.4. The molecule has 0 aliphatic carbocycles. The largest absolute Gasteiger partial charge is 0.351 e. The third-order valence-corrected chi connectivity index (χ3v) is 3.28. The van der Waals surface area contributed by atoms with Crippen molar-refractivity contribution in [1.29, 1.82) is 0 Å². The van der Waals surface area contributed by atoms with Gasteiger partial charge in [0.1, 0.15) is 5.82 Å². The molecule has 0 radical (unpaired) electrons. The number of aromatic nitrogens is 1. The third-order valence-electron chi connectivity index (χ3n) is 3.28.